The van der Waals surface area contributed by atoms with E-state index in [9.17, 15) is 9.18 Å². The molecule has 1 aromatic carbocycles. The van der Waals surface area contributed by atoms with Crippen molar-refractivity contribution in [1.82, 2.24) is 14.9 Å². The molecule has 1 aliphatic rings. The first-order chi connectivity index (χ1) is 13.4. The number of halogens is 1. The Bertz CT molecular complexity index is 789. The van der Waals surface area contributed by atoms with E-state index in [1.807, 2.05) is 49.3 Å². The molecule has 0 N–H and O–H groups in total. The summed E-state index contributed by atoms with van der Waals surface area (Å²) in [5.74, 6) is 1.23. The summed E-state index contributed by atoms with van der Waals surface area (Å²) >= 11 is 0. The topological polar surface area (TPSA) is 61.8 Å². The molecule has 0 bridgehead atoms. The van der Waals surface area contributed by atoms with E-state index in [1.165, 1.54) is 4.90 Å². The van der Waals surface area contributed by atoms with Gasteiger partial charge < -0.3 is 19.4 Å². The van der Waals surface area contributed by atoms with Crippen molar-refractivity contribution < 1.29 is 13.9 Å². The van der Waals surface area contributed by atoms with Gasteiger partial charge >= 0.3 is 6.09 Å². The van der Waals surface area contributed by atoms with E-state index < -0.39 is 12.3 Å². The number of alkyl halides is 1. The molecule has 0 saturated carbocycles. The first-order valence-corrected chi connectivity index (χ1v) is 9.27. The van der Waals surface area contributed by atoms with Crippen LogP contribution in [0.25, 0.3) is 0 Å². The minimum absolute atomic E-state index is 0.172. The molecule has 1 saturated heterocycles. The standard InChI is InChI=1S/C20H26FN5O2/c1-24(2)19-22-10-9-18(23-19)26-12-16(21)11-17(26)13-25(3)20(27)28-14-15-7-5-4-6-8-15/h4-10,16-17H,11-14H2,1-3H3/t16-,17-/m0/s1. The molecule has 8 heteroatoms. The van der Waals surface area contributed by atoms with Gasteiger partial charge in [-0.2, -0.15) is 4.98 Å². The van der Waals surface area contributed by atoms with E-state index in [1.54, 1.807) is 24.2 Å². The fourth-order valence-electron chi connectivity index (χ4n) is 3.25. The zero-order chi connectivity index (χ0) is 20.1. The van der Waals surface area contributed by atoms with Crippen molar-refractivity contribution >= 4 is 17.9 Å². The highest BCUT2D eigenvalue weighted by atomic mass is 19.1. The molecule has 0 aliphatic carbocycles. The van der Waals surface area contributed by atoms with Crippen LogP contribution in [0.4, 0.5) is 21.0 Å². The third-order valence-corrected chi connectivity index (χ3v) is 4.69. The fraction of sp³-hybridized carbons (Fsp3) is 0.450. The van der Waals surface area contributed by atoms with Crippen LogP contribution < -0.4 is 9.80 Å². The normalized spacial score (nSPS) is 18.8. The van der Waals surface area contributed by atoms with E-state index in [4.69, 9.17) is 4.74 Å². The lowest BCUT2D eigenvalue weighted by Gasteiger charge is -2.29. The summed E-state index contributed by atoms with van der Waals surface area (Å²) in [5, 5.41) is 0. The average molecular weight is 387 g/mol. The van der Waals surface area contributed by atoms with Gasteiger partial charge in [0.1, 0.15) is 18.6 Å². The molecule has 7 nitrogen and oxygen atoms in total. The molecule has 1 aliphatic heterocycles. The lowest BCUT2D eigenvalue weighted by atomic mass is 10.2. The zero-order valence-electron chi connectivity index (χ0n) is 16.5. The minimum Gasteiger partial charge on any atom is -0.445 e. The Kier molecular flexibility index (Phi) is 6.28. The lowest BCUT2D eigenvalue weighted by Crippen LogP contribution is -2.42. The second kappa shape index (κ2) is 8.86. The molecule has 0 spiro atoms. The maximum Gasteiger partial charge on any atom is 0.409 e. The van der Waals surface area contributed by atoms with Crippen molar-refractivity contribution in [2.24, 2.45) is 0 Å². The average Bonchev–Trinajstić information content (AvgIpc) is 3.07. The van der Waals surface area contributed by atoms with Gasteiger partial charge in [-0.25, -0.2) is 14.2 Å². The highest BCUT2D eigenvalue weighted by molar-refractivity contribution is 5.67. The van der Waals surface area contributed by atoms with Gasteiger partial charge in [0.25, 0.3) is 0 Å². The van der Waals surface area contributed by atoms with Gasteiger partial charge in [0.15, 0.2) is 0 Å². The first-order valence-electron chi connectivity index (χ1n) is 9.27. The predicted octanol–water partition coefficient (Wildman–Crippen LogP) is 2.73. The van der Waals surface area contributed by atoms with Crippen molar-refractivity contribution in [1.29, 1.82) is 0 Å². The van der Waals surface area contributed by atoms with Gasteiger partial charge in [0.2, 0.25) is 5.95 Å². The number of amides is 1. The molecule has 3 rings (SSSR count). The van der Waals surface area contributed by atoms with Gasteiger partial charge in [-0.05, 0) is 11.6 Å². The Morgan fingerprint density at radius 2 is 2.00 bits per heavy atom. The Labute approximate surface area is 164 Å². The number of carbonyl (C=O) groups excluding carboxylic acids is 1. The van der Waals surface area contributed by atoms with E-state index in [2.05, 4.69) is 9.97 Å². The fourth-order valence-corrected chi connectivity index (χ4v) is 3.25. The first kappa shape index (κ1) is 19.9. The Morgan fingerprint density at radius 1 is 1.25 bits per heavy atom. The third kappa shape index (κ3) is 4.88. The molecule has 1 fully saturated rings. The third-order valence-electron chi connectivity index (χ3n) is 4.69. The quantitative estimate of drug-likeness (QED) is 0.760. The van der Waals surface area contributed by atoms with Crippen molar-refractivity contribution in [2.75, 3.05) is 44.0 Å². The van der Waals surface area contributed by atoms with Crippen LogP contribution >= 0.6 is 0 Å². The smallest absolute Gasteiger partial charge is 0.409 e. The Hall–Kier alpha value is -2.90. The summed E-state index contributed by atoms with van der Waals surface area (Å²) in [6.07, 6.45) is 0.620. The summed E-state index contributed by atoms with van der Waals surface area (Å²) in [4.78, 5) is 26.2. The van der Waals surface area contributed by atoms with Gasteiger partial charge in [0.05, 0.1) is 12.6 Å². The van der Waals surface area contributed by atoms with Crippen LogP contribution in [0.5, 0.6) is 0 Å². The molecule has 0 unspecified atom stereocenters. The number of ether oxygens (including phenoxy) is 1. The number of rotatable bonds is 6. The maximum absolute atomic E-state index is 14.2. The van der Waals surface area contributed by atoms with Crippen molar-refractivity contribution in [2.45, 2.75) is 25.2 Å². The monoisotopic (exact) mass is 387 g/mol. The second-order valence-electron chi connectivity index (χ2n) is 7.17. The van der Waals surface area contributed by atoms with Gasteiger partial charge in [-0.1, -0.05) is 30.3 Å². The van der Waals surface area contributed by atoms with Crippen LogP contribution in [0.1, 0.15) is 12.0 Å². The largest absolute Gasteiger partial charge is 0.445 e. The number of hydrogen-bond donors (Lipinski definition) is 0. The zero-order valence-corrected chi connectivity index (χ0v) is 16.5. The van der Waals surface area contributed by atoms with Crippen LogP contribution in [-0.2, 0) is 11.3 Å². The van der Waals surface area contributed by atoms with E-state index in [0.717, 1.165) is 5.56 Å². The van der Waals surface area contributed by atoms with Crippen LogP contribution in [0.2, 0.25) is 0 Å². The van der Waals surface area contributed by atoms with Crippen molar-refractivity contribution in [3.05, 3.63) is 48.2 Å². The van der Waals surface area contributed by atoms with Crippen molar-refractivity contribution in [3.63, 3.8) is 0 Å². The molecule has 2 heterocycles. The Morgan fingerprint density at radius 3 is 2.71 bits per heavy atom. The number of aromatic nitrogens is 2. The number of nitrogens with zero attached hydrogens (tertiary/aromatic N) is 5. The molecule has 0 radical (unpaired) electrons. The summed E-state index contributed by atoms with van der Waals surface area (Å²) in [6.45, 7) is 0.818. The number of anilines is 2. The minimum atomic E-state index is -0.962. The molecule has 2 atom stereocenters. The molecule has 2 aromatic rings. The van der Waals surface area contributed by atoms with Gasteiger partial charge in [-0.15, -0.1) is 0 Å². The highest BCUT2D eigenvalue weighted by Crippen LogP contribution is 2.27. The molecular weight excluding hydrogens is 361 g/mol. The molecule has 1 aromatic heterocycles. The number of carbonyl (C=O) groups is 1. The highest BCUT2D eigenvalue weighted by Gasteiger charge is 2.34. The molecule has 28 heavy (non-hydrogen) atoms. The maximum atomic E-state index is 14.2. The predicted molar refractivity (Wildman–Crippen MR) is 106 cm³/mol. The SMILES string of the molecule is CN(C[C@@H]1C[C@H](F)CN1c1ccnc(N(C)C)n1)C(=O)OCc1ccccc1. The van der Waals surface area contributed by atoms with E-state index in [0.29, 0.717) is 24.7 Å². The van der Waals surface area contributed by atoms with Crippen molar-refractivity contribution in [3.8, 4) is 0 Å². The Balaban J connectivity index is 1.62. The summed E-state index contributed by atoms with van der Waals surface area (Å²) in [7, 11) is 5.38. The number of likely N-dealkylation sites (N-methyl/N-ethyl adjacent to an activating group) is 1. The van der Waals surface area contributed by atoms with E-state index in [-0.39, 0.29) is 19.2 Å². The second-order valence-corrected chi connectivity index (χ2v) is 7.17. The van der Waals surface area contributed by atoms with Crippen LogP contribution in [0.3, 0.4) is 0 Å². The van der Waals surface area contributed by atoms with Crippen LogP contribution in [0, 0.1) is 0 Å². The van der Waals surface area contributed by atoms with Gasteiger partial charge in [-0.3, -0.25) is 0 Å². The van der Waals surface area contributed by atoms with Crippen LogP contribution in [0.15, 0.2) is 42.6 Å². The lowest BCUT2D eigenvalue weighted by molar-refractivity contribution is 0.103. The molecular formula is C20H26FN5O2. The molecule has 1 amide bonds. The summed E-state index contributed by atoms with van der Waals surface area (Å²) in [5.41, 5.74) is 0.924. The number of hydrogen-bond acceptors (Lipinski definition) is 6. The molecule has 150 valence electrons. The van der Waals surface area contributed by atoms with Gasteiger partial charge in [0, 0.05) is 40.3 Å². The van der Waals surface area contributed by atoms with Crippen LogP contribution in [-0.4, -0.2) is 67.4 Å². The summed E-state index contributed by atoms with van der Waals surface area (Å²) < 4.78 is 19.5. The number of benzene rings is 1. The summed E-state index contributed by atoms with van der Waals surface area (Å²) in [6, 6.07) is 11.1. The van der Waals surface area contributed by atoms with E-state index >= 15 is 0 Å².